The Bertz CT molecular complexity index is 415. The fourth-order valence-corrected chi connectivity index (χ4v) is 2.46. The van der Waals surface area contributed by atoms with Gasteiger partial charge in [0.15, 0.2) is 5.82 Å². The number of nitrogens with zero attached hydrogens (tertiary/aromatic N) is 3. The molecule has 0 saturated carbocycles. The lowest BCUT2D eigenvalue weighted by Gasteiger charge is -2.22. The number of ether oxygens (including phenoxy) is 1. The molecular weight excluding hydrogens is 252 g/mol. The van der Waals surface area contributed by atoms with Gasteiger partial charge in [0.25, 0.3) is 0 Å². The van der Waals surface area contributed by atoms with E-state index >= 15 is 0 Å². The number of fused-ring (bicyclic) bond motifs is 1. The van der Waals surface area contributed by atoms with Crippen LogP contribution in [-0.2, 0) is 6.54 Å². The van der Waals surface area contributed by atoms with Crippen LogP contribution in [0.1, 0.15) is 25.5 Å². The first-order chi connectivity index (χ1) is 8.34. The summed E-state index contributed by atoms with van der Waals surface area (Å²) in [7, 11) is 0. The monoisotopic (exact) mass is 270 g/mol. The number of rotatable bonds is 1. The van der Waals surface area contributed by atoms with E-state index in [1.165, 1.54) is 12.8 Å². The molecule has 1 N–H and O–H groups in total. The molecule has 0 aromatic carbocycles. The first kappa shape index (κ1) is 13.4. The van der Waals surface area contributed by atoms with Gasteiger partial charge in [-0.3, -0.25) is 4.98 Å². The van der Waals surface area contributed by atoms with Gasteiger partial charge in [-0.2, -0.15) is 4.98 Å². The van der Waals surface area contributed by atoms with E-state index in [1.807, 2.05) is 6.20 Å². The molecule has 1 aromatic heterocycles. The summed E-state index contributed by atoms with van der Waals surface area (Å²) < 4.78 is 5.62. The van der Waals surface area contributed by atoms with E-state index in [0.717, 1.165) is 31.1 Å². The highest BCUT2D eigenvalue weighted by molar-refractivity contribution is 5.85. The summed E-state index contributed by atoms with van der Waals surface area (Å²) in [5, 5.41) is 3.26. The van der Waals surface area contributed by atoms with E-state index in [0.29, 0.717) is 18.5 Å². The van der Waals surface area contributed by atoms with Crippen molar-refractivity contribution in [1.82, 2.24) is 15.3 Å². The number of hydrogen-bond acceptors (Lipinski definition) is 5. The second-order valence-corrected chi connectivity index (χ2v) is 4.69. The Hall–Kier alpha value is -1.07. The quantitative estimate of drug-likeness (QED) is 0.835. The van der Waals surface area contributed by atoms with Crippen molar-refractivity contribution in [2.24, 2.45) is 0 Å². The third kappa shape index (κ3) is 2.52. The lowest BCUT2D eigenvalue weighted by Crippen LogP contribution is -2.27. The average Bonchev–Trinajstić information content (AvgIpc) is 2.64. The minimum Gasteiger partial charge on any atom is -0.475 e. The zero-order valence-electron chi connectivity index (χ0n) is 10.6. The molecule has 0 spiro atoms. The molecule has 1 aromatic rings. The Morgan fingerprint density at radius 1 is 1.50 bits per heavy atom. The van der Waals surface area contributed by atoms with Crippen LogP contribution in [0.2, 0.25) is 0 Å². The van der Waals surface area contributed by atoms with E-state index in [4.69, 9.17) is 4.74 Å². The smallest absolute Gasteiger partial charge is 0.239 e. The molecule has 0 aliphatic carbocycles. The topological polar surface area (TPSA) is 50.3 Å². The predicted octanol–water partition coefficient (Wildman–Crippen LogP) is 1.37. The zero-order valence-corrected chi connectivity index (χ0v) is 11.4. The summed E-state index contributed by atoms with van der Waals surface area (Å²) in [5.74, 6) is 1.65. The van der Waals surface area contributed by atoms with Gasteiger partial charge >= 0.3 is 0 Å². The Morgan fingerprint density at radius 2 is 2.39 bits per heavy atom. The third-order valence-corrected chi connectivity index (χ3v) is 3.46. The van der Waals surface area contributed by atoms with Crippen LogP contribution in [0.25, 0.3) is 0 Å². The van der Waals surface area contributed by atoms with E-state index in [2.05, 4.69) is 27.1 Å². The molecule has 3 rings (SSSR count). The third-order valence-electron chi connectivity index (χ3n) is 3.46. The standard InChI is InChI=1S/C12H18N4O.ClH/c1-9-3-2-5-16(9)11-8-14-10-7-13-4-6-17-12(10)15-11;/h8-9,13H,2-7H2,1H3;1H. The zero-order chi connectivity index (χ0) is 11.7. The van der Waals surface area contributed by atoms with Crippen LogP contribution in [0.5, 0.6) is 5.88 Å². The number of aromatic nitrogens is 2. The minimum absolute atomic E-state index is 0. The highest BCUT2D eigenvalue weighted by Gasteiger charge is 2.23. The first-order valence-electron chi connectivity index (χ1n) is 6.30. The summed E-state index contributed by atoms with van der Waals surface area (Å²) in [6.45, 7) is 5.59. The van der Waals surface area contributed by atoms with Gasteiger partial charge in [0, 0.05) is 25.7 Å². The maximum atomic E-state index is 5.62. The van der Waals surface area contributed by atoms with Gasteiger partial charge in [0.2, 0.25) is 5.88 Å². The molecule has 6 heteroatoms. The van der Waals surface area contributed by atoms with Crippen LogP contribution in [0.3, 0.4) is 0 Å². The number of anilines is 1. The van der Waals surface area contributed by atoms with E-state index in [-0.39, 0.29) is 12.4 Å². The summed E-state index contributed by atoms with van der Waals surface area (Å²) in [6, 6.07) is 0.561. The molecule has 1 unspecified atom stereocenters. The fourth-order valence-electron chi connectivity index (χ4n) is 2.46. The summed E-state index contributed by atoms with van der Waals surface area (Å²) in [4.78, 5) is 11.4. The number of hydrogen-bond donors (Lipinski definition) is 1. The van der Waals surface area contributed by atoms with Gasteiger partial charge in [-0.1, -0.05) is 0 Å². The SMILES string of the molecule is CC1CCCN1c1cnc2c(n1)OCCNC2.Cl. The highest BCUT2D eigenvalue weighted by Crippen LogP contribution is 2.26. The van der Waals surface area contributed by atoms with Gasteiger partial charge in [-0.25, -0.2) is 0 Å². The normalized spacial score (nSPS) is 22.7. The predicted molar refractivity (Wildman–Crippen MR) is 72.5 cm³/mol. The summed E-state index contributed by atoms with van der Waals surface area (Å²) in [6.07, 6.45) is 4.35. The lowest BCUT2D eigenvalue weighted by molar-refractivity contribution is 0.313. The van der Waals surface area contributed by atoms with Gasteiger partial charge < -0.3 is 15.0 Å². The largest absolute Gasteiger partial charge is 0.475 e. The Morgan fingerprint density at radius 3 is 3.17 bits per heavy atom. The van der Waals surface area contributed by atoms with Crippen molar-refractivity contribution >= 4 is 18.2 Å². The summed E-state index contributed by atoms with van der Waals surface area (Å²) in [5.41, 5.74) is 0.915. The maximum absolute atomic E-state index is 5.62. The van der Waals surface area contributed by atoms with Crippen LogP contribution in [-0.4, -0.2) is 35.7 Å². The van der Waals surface area contributed by atoms with Crippen molar-refractivity contribution in [3.05, 3.63) is 11.9 Å². The van der Waals surface area contributed by atoms with Crippen molar-refractivity contribution < 1.29 is 4.74 Å². The van der Waals surface area contributed by atoms with Crippen LogP contribution in [0.4, 0.5) is 5.82 Å². The van der Waals surface area contributed by atoms with E-state index in [9.17, 15) is 0 Å². The van der Waals surface area contributed by atoms with Crippen LogP contribution >= 0.6 is 12.4 Å². The molecule has 3 heterocycles. The maximum Gasteiger partial charge on any atom is 0.239 e. The molecule has 5 nitrogen and oxygen atoms in total. The van der Waals surface area contributed by atoms with Gasteiger partial charge in [0.1, 0.15) is 12.3 Å². The van der Waals surface area contributed by atoms with Crippen molar-refractivity contribution in [3.8, 4) is 5.88 Å². The van der Waals surface area contributed by atoms with Gasteiger partial charge in [-0.05, 0) is 19.8 Å². The molecule has 1 saturated heterocycles. The minimum atomic E-state index is 0. The molecule has 1 fully saturated rings. The Balaban J connectivity index is 0.00000120. The second-order valence-electron chi connectivity index (χ2n) is 4.69. The molecule has 100 valence electrons. The molecule has 1 atom stereocenters. The molecule has 2 aliphatic heterocycles. The van der Waals surface area contributed by atoms with Crippen molar-refractivity contribution in [2.45, 2.75) is 32.4 Å². The number of halogens is 1. The average molecular weight is 271 g/mol. The van der Waals surface area contributed by atoms with Crippen molar-refractivity contribution in [3.63, 3.8) is 0 Å². The Kier molecular flexibility index (Phi) is 4.24. The van der Waals surface area contributed by atoms with E-state index in [1.54, 1.807) is 0 Å². The van der Waals surface area contributed by atoms with E-state index < -0.39 is 0 Å². The molecule has 2 aliphatic rings. The van der Waals surface area contributed by atoms with Gasteiger partial charge in [0.05, 0.1) is 6.20 Å². The molecule has 18 heavy (non-hydrogen) atoms. The lowest BCUT2D eigenvalue weighted by atomic mass is 10.2. The fraction of sp³-hybridized carbons (Fsp3) is 0.667. The summed E-state index contributed by atoms with van der Waals surface area (Å²) >= 11 is 0. The van der Waals surface area contributed by atoms with Crippen molar-refractivity contribution in [1.29, 1.82) is 0 Å². The van der Waals surface area contributed by atoms with Crippen LogP contribution in [0, 0.1) is 0 Å². The highest BCUT2D eigenvalue weighted by atomic mass is 35.5. The first-order valence-corrected chi connectivity index (χ1v) is 6.30. The molecule has 0 radical (unpaired) electrons. The Labute approximate surface area is 113 Å². The second kappa shape index (κ2) is 5.71. The molecule has 0 bridgehead atoms. The molecule has 0 amide bonds. The number of nitrogens with one attached hydrogen (secondary N) is 1. The van der Waals surface area contributed by atoms with Crippen LogP contribution < -0.4 is 15.0 Å². The molecular formula is C12H19ClN4O. The van der Waals surface area contributed by atoms with Crippen LogP contribution in [0.15, 0.2) is 6.20 Å². The van der Waals surface area contributed by atoms with Crippen molar-refractivity contribution in [2.75, 3.05) is 24.6 Å². The van der Waals surface area contributed by atoms with Gasteiger partial charge in [-0.15, -0.1) is 12.4 Å².